The van der Waals surface area contributed by atoms with Crippen molar-refractivity contribution in [1.82, 2.24) is 10.2 Å². The number of hydrogen-bond acceptors (Lipinski definition) is 3. The lowest BCUT2D eigenvalue weighted by Gasteiger charge is -2.24. The van der Waals surface area contributed by atoms with Crippen LogP contribution in [0.5, 0.6) is 0 Å². The van der Waals surface area contributed by atoms with Crippen LogP contribution in [0, 0.1) is 5.92 Å². The number of nitrogens with one attached hydrogen (secondary N) is 1. The number of nitrogens with zero attached hydrogens (tertiary/aromatic N) is 1. The summed E-state index contributed by atoms with van der Waals surface area (Å²) in [4.78, 5) is 25.2. The van der Waals surface area contributed by atoms with Crippen molar-refractivity contribution in [2.75, 3.05) is 13.1 Å². The molecule has 1 aromatic carbocycles. The molecule has 1 heterocycles. The van der Waals surface area contributed by atoms with Gasteiger partial charge in [-0.3, -0.25) is 14.5 Å². The third-order valence-corrected chi connectivity index (χ3v) is 3.49. The maximum absolute atomic E-state index is 12.0. The highest BCUT2D eigenvalue weighted by Crippen LogP contribution is 2.22. The van der Waals surface area contributed by atoms with E-state index in [4.69, 9.17) is 0 Å². The SMILES string of the molecule is CCNC(CN1C(=O)CC(C)C1=O)c1ccccc1. The minimum absolute atomic E-state index is 0.00407. The number of likely N-dealkylation sites (tertiary alicyclic amines) is 1. The number of imide groups is 1. The molecule has 2 rings (SSSR count). The maximum Gasteiger partial charge on any atom is 0.232 e. The van der Waals surface area contributed by atoms with Crippen LogP contribution in [0.15, 0.2) is 30.3 Å². The zero-order chi connectivity index (χ0) is 13.8. The van der Waals surface area contributed by atoms with E-state index in [0.29, 0.717) is 13.0 Å². The van der Waals surface area contributed by atoms with Crippen LogP contribution in [0.25, 0.3) is 0 Å². The molecule has 2 amide bonds. The highest BCUT2D eigenvalue weighted by molar-refractivity contribution is 6.03. The Morgan fingerprint density at radius 2 is 2.00 bits per heavy atom. The minimum Gasteiger partial charge on any atom is -0.309 e. The molecule has 102 valence electrons. The summed E-state index contributed by atoms with van der Waals surface area (Å²) in [5.74, 6) is -0.286. The van der Waals surface area contributed by atoms with Gasteiger partial charge < -0.3 is 5.32 Å². The summed E-state index contributed by atoms with van der Waals surface area (Å²) in [7, 11) is 0. The van der Waals surface area contributed by atoms with Crippen LogP contribution < -0.4 is 5.32 Å². The number of benzene rings is 1. The van der Waals surface area contributed by atoms with Crippen molar-refractivity contribution in [2.24, 2.45) is 5.92 Å². The molecule has 0 aliphatic carbocycles. The fourth-order valence-corrected chi connectivity index (χ4v) is 2.44. The van der Waals surface area contributed by atoms with Crippen molar-refractivity contribution in [2.45, 2.75) is 26.3 Å². The lowest BCUT2D eigenvalue weighted by Crippen LogP contribution is -2.38. The first-order valence-corrected chi connectivity index (χ1v) is 6.76. The summed E-state index contributed by atoms with van der Waals surface area (Å²) in [6, 6.07) is 9.93. The second-order valence-corrected chi connectivity index (χ2v) is 4.97. The summed E-state index contributed by atoms with van der Waals surface area (Å²) in [5, 5.41) is 3.34. The first-order chi connectivity index (χ1) is 9.13. The molecule has 1 aliphatic heterocycles. The Kier molecular flexibility index (Phi) is 4.32. The van der Waals surface area contributed by atoms with Crippen molar-refractivity contribution in [3.63, 3.8) is 0 Å². The van der Waals surface area contributed by atoms with Gasteiger partial charge >= 0.3 is 0 Å². The zero-order valence-corrected chi connectivity index (χ0v) is 11.4. The molecular formula is C15H20N2O2. The summed E-state index contributed by atoms with van der Waals surface area (Å²) >= 11 is 0. The van der Waals surface area contributed by atoms with Gasteiger partial charge in [-0.25, -0.2) is 0 Å². The third-order valence-electron chi connectivity index (χ3n) is 3.49. The van der Waals surface area contributed by atoms with Crippen molar-refractivity contribution in [3.05, 3.63) is 35.9 Å². The molecule has 0 spiro atoms. The Bertz CT molecular complexity index is 458. The van der Waals surface area contributed by atoms with E-state index in [1.54, 1.807) is 0 Å². The van der Waals surface area contributed by atoms with Gasteiger partial charge in [-0.15, -0.1) is 0 Å². The Balaban J connectivity index is 2.13. The molecule has 0 saturated carbocycles. The molecule has 19 heavy (non-hydrogen) atoms. The van der Waals surface area contributed by atoms with Crippen LogP contribution in [-0.2, 0) is 9.59 Å². The monoisotopic (exact) mass is 260 g/mol. The molecule has 0 radical (unpaired) electrons. The van der Waals surface area contributed by atoms with E-state index < -0.39 is 0 Å². The first kappa shape index (κ1) is 13.7. The Morgan fingerprint density at radius 3 is 2.53 bits per heavy atom. The summed E-state index contributed by atoms with van der Waals surface area (Å²) in [6.07, 6.45) is 0.340. The van der Waals surface area contributed by atoms with Gasteiger partial charge in [-0.2, -0.15) is 0 Å². The van der Waals surface area contributed by atoms with Crippen LogP contribution in [0.1, 0.15) is 31.9 Å². The highest BCUT2D eigenvalue weighted by Gasteiger charge is 2.36. The van der Waals surface area contributed by atoms with Crippen LogP contribution in [-0.4, -0.2) is 29.8 Å². The van der Waals surface area contributed by atoms with Gasteiger partial charge in [0.2, 0.25) is 11.8 Å². The second-order valence-electron chi connectivity index (χ2n) is 4.97. The molecule has 1 saturated heterocycles. The van der Waals surface area contributed by atoms with Gasteiger partial charge in [-0.1, -0.05) is 44.2 Å². The first-order valence-electron chi connectivity index (χ1n) is 6.76. The fraction of sp³-hybridized carbons (Fsp3) is 0.467. The van der Waals surface area contributed by atoms with Gasteiger partial charge in [0, 0.05) is 18.9 Å². The molecule has 0 aromatic heterocycles. The van der Waals surface area contributed by atoms with Crippen LogP contribution in [0.4, 0.5) is 0 Å². The van der Waals surface area contributed by atoms with E-state index in [0.717, 1.165) is 12.1 Å². The maximum atomic E-state index is 12.0. The predicted octanol–water partition coefficient (Wildman–Crippen LogP) is 1.73. The predicted molar refractivity (Wildman–Crippen MR) is 73.4 cm³/mol. The van der Waals surface area contributed by atoms with Gasteiger partial charge in [-0.05, 0) is 12.1 Å². The van der Waals surface area contributed by atoms with Crippen molar-refractivity contribution >= 4 is 11.8 Å². The molecule has 4 nitrogen and oxygen atoms in total. The van der Waals surface area contributed by atoms with E-state index in [2.05, 4.69) is 5.32 Å². The van der Waals surface area contributed by atoms with Crippen molar-refractivity contribution in [3.8, 4) is 0 Å². The largest absolute Gasteiger partial charge is 0.309 e. The Labute approximate surface area is 113 Å². The van der Waals surface area contributed by atoms with Crippen molar-refractivity contribution in [1.29, 1.82) is 0 Å². The van der Waals surface area contributed by atoms with Crippen LogP contribution >= 0.6 is 0 Å². The number of amides is 2. The molecule has 1 N–H and O–H groups in total. The Hall–Kier alpha value is -1.68. The number of carbonyl (C=O) groups excluding carboxylic acids is 2. The van der Waals surface area contributed by atoms with Crippen molar-refractivity contribution < 1.29 is 9.59 Å². The molecule has 1 fully saturated rings. The summed E-state index contributed by atoms with van der Waals surface area (Å²) in [5.41, 5.74) is 1.10. The molecule has 0 bridgehead atoms. The standard InChI is InChI=1S/C15H20N2O2/c1-3-16-13(12-7-5-4-6-8-12)10-17-14(18)9-11(2)15(17)19/h4-8,11,13,16H,3,9-10H2,1-2H3. The number of rotatable bonds is 5. The summed E-state index contributed by atoms with van der Waals surface area (Å²) in [6.45, 7) is 5.04. The van der Waals surface area contributed by atoms with Crippen LogP contribution in [0.2, 0.25) is 0 Å². The lowest BCUT2D eigenvalue weighted by molar-refractivity contribution is -0.139. The normalized spacial score (nSPS) is 20.9. The number of carbonyl (C=O) groups is 2. The fourth-order valence-electron chi connectivity index (χ4n) is 2.44. The van der Waals surface area contributed by atoms with E-state index in [1.165, 1.54) is 4.90 Å². The van der Waals surface area contributed by atoms with Gasteiger partial charge in [0.05, 0.1) is 6.04 Å². The number of hydrogen-bond donors (Lipinski definition) is 1. The number of likely N-dealkylation sites (N-methyl/N-ethyl adjacent to an activating group) is 1. The second kappa shape index (κ2) is 5.97. The lowest BCUT2D eigenvalue weighted by atomic mass is 10.1. The van der Waals surface area contributed by atoms with Gasteiger partial charge in [0.25, 0.3) is 0 Å². The molecular weight excluding hydrogens is 240 g/mol. The quantitative estimate of drug-likeness (QED) is 0.820. The Morgan fingerprint density at radius 1 is 1.32 bits per heavy atom. The topological polar surface area (TPSA) is 49.4 Å². The van der Waals surface area contributed by atoms with Gasteiger partial charge in [0.15, 0.2) is 0 Å². The minimum atomic E-state index is -0.175. The zero-order valence-electron chi connectivity index (χ0n) is 11.4. The van der Waals surface area contributed by atoms with E-state index in [1.807, 2.05) is 44.2 Å². The molecule has 4 heteroatoms. The van der Waals surface area contributed by atoms with E-state index >= 15 is 0 Å². The van der Waals surface area contributed by atoms with Gasteiger partial charge in [0.1, 0.15) is 0 Å². The summed E-state index contributed by atoms with van der Waals surface area (Å²) < 4.78 is 0. The highest BCUT2D eigenvalue weighted by atomic mass is 16.2. The third kappa shape index (κ3) is 3.01. The average Bonchev–Trinajstić information content (AvgIpc) is 2.65. The molecule has 2 unspecified atom stereocenters. The van der Waals surface area contributed by atoms with E-state index in [9.17, 15) is 9.59 Å². The van der Waals surface area contributed by atoms with E-state index in [-0.39, 0.29) is 23.8 Å². The smallest absolute Gasteiger partial charge is 0.232 e. The molecule has 1 aliphatic rings. The molecule has 1 aromatic rings. The molecule has 2 atom stereocenters. The van der Waals surface area contributed by atoms with Crippen LogP contribution in [0.3, 0.4) is 0 Å². The average molecular weight is 260 g/mol.